The van der Waals surface area contributed by atoms with Crippen LogP contribution in [0.1, 0.15) is 33.4 Å². The summed E-state index contributed by atoms with van der Waals surface area (Å²) in [5.74, 6) is 0. The van der Waals surface area contributed by atoms with Gasteiger partial charge in [0.05, 0.1) is 0 Å². The first-order chi connectivity index (χ1) is 9.11. The summed E-state index contributed by atoms with van der Waals surface area (Å²) in [4.78, 5) is 0. The average Bonchev–Trinajstić information content (AvgIpc) is 2.38. The maximum absolute atomic E-state index is 3.54. The number of hydrogen-bond donors (Lipinski definition) is 0. The molecule has 0 saturated carbocycles. The van der Waals surface area contributed by atoms with Crippen LogP contribution in [-0.4, -0.2) is 0 Å². The van der Waals surface area contributed by atoms with Crippen LogP contribution in [0.5, 0.6) is 0 Å². The Kier molecular flexibility index (Phi) is 4.60. The Labute approximate surface area is 124 Å². The van der Waals surface area contributed by atoms with Crippen LogP contribution < -0.4 is 0 Å². The molecule has 0 bridgehead atoms. The van der Waals surface area contributed by atoms with Gasteiger partial charge in [-0.3, -0.25) is 0 Å². The Morgan fingerprint density at radius 2 is 1.58 bits per heavy atom. The maximum Gasteiger partial charge on any atom is 0.0288 e. The summed E-state index contributed by atoms with van der Waals surface area (Å²) in [6.45, 7) is 6.50. The minimum atomic E-state index is 0.888. The zero-order chi connectivity index (χ0) is 13.8. The predicted octanol–water partition coefficient (Wildman–Crippen LogP) is 5.68. The molecule has 0 atom stereocenters. The zero-order valence-corrected chi connectivity index (χ0v) is 13.3. The molecule has 0 aromatic heterocycles. The van der Waals surface area contributed by atoms with Gasteiger partial charge in [-0.15, -0.1) is 0 Å². The Bertz CT molecular complexity index is 586. The van der Waals surface area contributed by atoms with E-state index in [1.54, 1.807) is 0 Å². The highest BCUT2D eigenvalue weighted by Gasteiger charge is 2.01. The molecule has 0 heterocycles. The molecule has 0 aliphatic rings. The summed E-state index contributed by atoms with van der Waals surface area (Å²) in [5.41, 5.74) is 7.93. The van der Waals surface area contributed by atoms with Crippen LogP contribution in [0.3, 0.4) is 0 Å². The van der Waals surface area contributed by atoms with Gasteiger partial charge in [0.15, 0.2) is 0 Å². The minimum absolute atomic E-state index is 0.888. The van der Waals surface area contributed by atoms with Gasteiger partial charge in [-0.25, -0.2) is 0 Å². The molecule has 0 nitrogen and oxygen atoms in total. The van der Waals surface area contributed by atoms with E-state index in [1.807, 2.05) is 0 Å². The van der Waals surface area contributed by atoms with Crippen molar-refractivity contribution < 1.29 is 0 Å². The third-order valence-corrected chi connectivity index (χ3v) is 3.97. The largest absolute Gasteiger partial charge is 0.0876 e. The molecule has 98 valence electrons. The molecule has 0 N–H and O–H groups in total. The Morgan fingerprint density at radius 3 is 2.21 bits per heavy atom. The average molecular weight is 315 g/mol. The minimum Gasteiger partial charge on any atom is -0.0876 e. The number of benzene rings is 2. The molecule has 2 aromatic carbocycles. The maximum atomic E-state index is 3.54. The Hall–Kier alpha value is -1.34. The zero-order valence-electron chi connectivity index (χ0n) is 11.7. The van der Waals surface area contributed by atoms with E-state index in [0.717, 1.165) is 5.33 Å². The van der Waals surface area contributed by atoms with E-state index < -0.39 is 0 Å². The fourth-order valence-corrected chi connectivity index (χ4v) is 2.96. The summed E-state index contributed by atoms with van der Waals surface area (Å²) in [6, 6.07) is 13.0. The molecule has 0 fully saturated rings. The number of halogens is 1. The molecular weight excluding hydrogens is 296 g/mol. The predicted molar refractivity (Wildman–Crippen MR) is 88.7 cm³/mol. The molecule has 0 spiro atoms. The topological polar surface area (TPSA) is 0 Å². The lowest BCUT2D eigenvalue weighted by molar-refractivity contribution is 1.30. The van der Waals surface area contributed by atoms with E-state index in [9.17, 15) is 0 Å². The van der Waals surface area contributed by atoms with Crippen LogP contribution in [0.25, 0.3) is 12.2 Å². The quantitative estimate of drug-likeness (QED) is 0.505. The number of rotatable bonds is 3. The van der Waals surface area contributed by atoms with E-state index in [4.69, 9.17) is 0 Å². The third-order valence-electron chi connectivity index (χ3n) is 3.37. The van der Waals surface area contributed by atoms with E-state index >= 15 is 0 Å². The van der Waals surface area contributed by atoms with Crippen molar-refractivity contribution in [2.24, 2.45) is 0 Å². The molecule has 0 radical (unpaired) electrons. The monoisotopic (exact) mass is 314 g/mol. The van der Waals surface area contributed by atoms with Gasteiger partial charge >= 0.3 is 0 Å². The number of aryl methyl sites for hydroxylation is 3. The second-order valence-electron chi connectivity index (χ2n) is 4.98. The van der Waals surface area contributed by atoms with Crippen molar-refractivity contribution in [2.45, 2.75) is 26.1 Å². The van der Waals surface area contributed by atoms with Crippen molar-refractivity contribution in [2.75, 3.05) is 0 Å². The summed E-state index contributed by atoms with van der Waals surface area (Å²) in [6.07, 6.45) is 4.44. The molecule has 0 aliphatic carbocycles. The van der Waals surface area contributed by atoms with Crippen molar-refractivity contribution in [1.29, 1.82) is 0 Å². The summed E-state index contributed by atoms with van der Waals surface area (Å²) in [7, 11) is 0. The van der Waals surface area contributed by atoms with Crippen LogP contribution in [0.2, 0.25) is 0 Å². The van der Waals surface area contributed by atoms with Crippen molar-refractivity contribution in [3.05, 3.63) is 69.8 Å². The van der Waals surface area contributed by atoms with Gasteiger partial charge in [-0.1, -0.05) is 70.0 Å². The summed E-state index contributed by atoms with van der Waals surface area (Å²) in [5, 5.41) is 0.888. The van der Waals surface area contributed by atoms with Crippen molar-refractivity contribution in [3.63, 3.8) is 0 Å². The molecule has 0 aliphatic heterocycles. The van der Waals surface area contributed by atoms with Crippen molar-refractivity contribution in [3.8, 4) is 0 Å². The van der Waals surface area contributed by atoms with Crippen LogP contribution in [0, 0.1) is 20.8 Å². The van der Waals surface area contributed by atoms with Crippen molar-refractivity contribution in [1.82, 2.24) is 0 Å². The van der Waals surface area contributed by atoms with Crippen LogP contribution >= 0.6 is 15.9 Å². The van der Waals surface area contributed by atoms with Gasteiger partial charge in [-0.05, 0) is 48.6 Å². The van der Waals surface area contributed by atoms with Gasteiger partial charge in [-0.2, -0.15) is 0 Å². The first-order valence-corrected chi connectivity index (χ1v) is 7.64. The second-order valence-corrected chi connectivity index (χ2v) is 5.54. The molecule has 0 amide bonds. The first-order valence-electron chi connectivity index (χ1n) is 6.51. The van der Waals surface area contributed by atoms with E-state index in [-0.39, 0.29) is 0 Å². The fourth-order valence-electron chi connectivity index (χ4n) is 2.45. The number of hydrogen-bond acceptors (Lipinski definition) is 0. The van der Waals surface area contributed by atoms with E-state index in [0.29, 0.717) is 0 Å². The van der Waals surface area contributed by atoms with Gasteiger partial charge in [0, 0.05) is 5.33 Å². The van der Waals surface area contributed by atoms with Gasteiger partial charge in [0.25, 0.3) is 0 Å². The normalized spacial score (nSPS) is 11.2. The SMILES string of the molecule is Cc1cc(C)c(/C=C/c2ccccc2CBr)c(C)c1. The van der Waals surface area contributed by atoms with E-state index in [1.165, 1.54) is 33.4 Å². The third kappa shape index (κ3) is 3.36. The Balaban J connectivity index is 2.38. The lowest BCUT2D eigenvalue weighted by atomic mass is 9.98. The molecule has 19 heavy (non-hydrogen) atoms. The highest BCUT2D eigenvalue weighted by molar-refractivity contribution is 9.08. The van der Waals surface area contributed by atoms with Gasteiger partial charge in [0.1, 0.15) is 0 Å². The summed E-state index contributed by atoms with van der Waals surface area (Å²) >= 11 is 3.54. The fraction of sp³-hybridized carbons (Fsp3) is 0.222. The van der Waals surface area contributed by atoms with Crippen LogP contribution in [0.4, 0.5) is 0 Å². The van der Waals surface area contributed by atoms with Gasteiger partial charge < -0.3 is 0 Å². The summed E-state index contributed by atoms with van der Waals surface area (Å²) < 4.78 is 0. The highest BCUT2D eigenvalue weighted by Crippen LogP contribution is 2.21. The van der Waals surface area contributed by atoms with Crippen LogP contribution in [0.15, 0.2) is 36.4 Å². The molecule has 1 heteroatoms. The lowest BCUT2D eigenvalue weighted by Crippen LogP contribution is -1.89. The molecular formula is C18H19Br. The first kappa shape index (κ1) is 14.1. The molecule has 0 saturated heterocycles. The molecule has 2 rings (SSSR count). The lowest BCUT2D eigenvalue weighted by Gasteiger charge is -2.08. The van der Waals surface area contributed by atoms with Crippen molar-refractivity contribution >= 4 is 28.1 Å². The Morgan fingerprint density at radius 1 is 0.947 bits per heavy atom. The van der Waals surface area contributed by atoms with E-state index in [2.05, 4.69) is 85.3 Å². The number of alkyl halides is 1. The molecule has 0 unspecified atom stereocenters. The highest BCUT2D eigenvalue weighted by atomic mass is 79.9. The molecule has 2 aromatic rings. The van der Waals surface area contributed by atoms with Gasteiger partial charge in [0.2, 0.25) is 0 Å². The smallest absolute Gasteiger partial charge is 0.0288 e. The van der Waals surface area contributed by atoms with Crippen LogP contribution in [-0.2, 0) is 5.33 Å². The standard InChI is InChI=1S/C18H19Br/c1-13-10-14(2)18(15(3)11-13)9-8-16-6-4-5-7-17(16)12-19/h4-11H,12H2,1-3H3/b9-8+. The second kappa shape index (κ2) is 6.21.